The molecule has 6 heteroatoms. The lowest BCUT2D eigenvalue weighted by molar-refractivity contribution is 0.552. The number of alkyl halides is 2. The highest BCUT2D eigenvalue weighted by molar-refractivity contribution is 7.86. The molecule has 0 atom stereocenters. The Hall–Kier alpha value is -0.320. The summed E-state index contributed by atoms with van der Waals surface area (Å²) in [5.41, 5.74) is 0.524. The van der Waals surface area contributed by atoms with Gasteiger partial charge in [-0.15, -0.1) is 27.1 Å². The van der Waals surface area contributed by atoms with Gasteiger partial charge < -0.3 is 0 Å². The van der Waals surface area contributed by atoms with Gasteiger partial charge in [0.1, 0.15) is 4.84 Å². The average Bonchev–Trinajstić information content (AvgIpc) is 2.03. The van der Waals surface area contributed by atoms with E-state index in [9.17, 15) is 12.3 Å². The van der Waals surface area contributed by atoms with Gasteiger partial charge >= 0.3 is 10.2 Å². The number of hydrogen-bond donors (Lipinski definition) is 0. The Morgan fingerprint density at radius 3 is 1.92 bits per heavy atom. The Bertz CT molecular complexity index is 385. The van der Waals surface area contributed by atoms with E-state index in [0.29, 0.717) is 5.56 Å². The molecule has 0 spiro atoms. The van der Waals surface area contributed by atoms with Gasteiger partial charge in [-0.3, -0.25) is 0 Å². The normalized spacial score (nSPS) is 12.0. The van der Waals surface area contributed by atoms with Crippen LogP contribution in [-0.4, -0.2) is 8.42 Å². The van der Waals surface area contributed by atoms with Crippen LogP contribution < -0.4 is 0 Å². The van der Waals surface area contributed by atoms with Crippen LogP contribution in [0.25, 0.3) is 0 Å². The molecule has 1 aromatic rings. The van der Waals surface area contributed by atoms with E-state index in [2.05, 4.69) is 0 Å². The third kappa shape index (κ3) is 2.83. The van der Waals surface area contributed by atoms with E-state index in [1.165, 1.54) is 12.1 Å². The molecular formula is C7H5Cl2FO2S. The van der Waals surface area contributed by atoms with E-state index < -0.39 is 20.0 Å². The van der Waals surface area contributed by atoms with Crippen molar-refractivity contribution in [1.29, 1.82) is 0 Å². The van der Waals surface area contributed by atoms with Gasteiger partial charge in [0.2, 0.25) is 0 Å². The lowest BCUT2D eigenvalue weighted by Crippen LogP contribution is -1.92. The summed E-state index contributed by atoms with van der Waals surface area (Å²) in [4.78, 5) is -1.14. The fourth-order valence-corrected chi connectivity index (χ4v) is 1.53. The van der Waals surface area contributed by atoms with E-state index in [-0.39, 0.29) is 0 Å². The van der Waals surface area contributed by atoms with Crippen molar-refractivity contribution < 1.29 is 12.3 Å². The predicted octanol–water partition coefficient (Wildman–Crippen LogP) is 2.82. The molecule has 0 aromatic heterocycles. The van der Waals surface area contributed by atoms with Crippen molar-refractivity contribution in [3.05, 3.63) is 29.8 Å². The molecule has 1 rings (SSSR count). The van der Waals surface area contributed by atoms with Crippen LogP contribution in [0, 0.1) is 0 Å². The van der Waals surface area contributed by atoms with Crippen LogP contribution in [0.1, 0.15) is 10.4 Å². The SMILES string of the molecule is O=S(=O)(F)c1ccc(C(Cl)Cl)cc1. The van der Waals surface area contributed by atoms with Gasteiger partial charge in [0.25, 0.3) is 0 Å². The zero-order chi connectivity index (χ0) is 10.1. The zero-order valence-corrected chi connectivity index (χ0v) is 8.57. The average molecular weight is 243 g/mol. The molecule has 0 unspecified atom stereocenters. The van der Waals surface area contributed by atoms with E-state index in [1.807, 2.05) is 0 Å². The Labute approximate surface area is 85.5 Å². The molecule has 0 saturated carbocycles. The number of benzene rings is 1. The van der Waals surface area contributed by atoms with Crippen molar-refractivity contribution in [2.45, 2.75) is 9.73 Å². The summed E-state index contributed by atoms with van der Waals surface area (Å²) in [5, 5.41) is 0. The monoisotopic (exact) mass is 242 g/mol. The van der Waals surface area contributed by atoms with Crippen LogP contribution in [0.3, 0.4) is 0 Å². The first-order valence-corrected chi connectivity index (χ1v) is 5.49. The molecule has 0 bridgehead atoms. The van der Waals surface area contributed by atoms with Crippen LogP contribution in [0.15, 0.2) is 29.2 Å². The molecule has 0 amide bonds. The fourth-order valence-electron chi connectivity index (χ4n) is 0.776. The molecule has 0 N–H and O–H groups in total. The maximum absolute atomic E-state index is 12.4. The van der Waals surface area contributed by atoms with Crippen LogP contribution in [0.4, 0.5) is 3.89 Å². The molecule has 1 aromatic carbocycles. The van der Waals surface area contributed by atoms with Crippen molar-refractivity contribution >= 4 is 33.4 Å². The number of halogens is 3. The van der Waals surface area contributed by atoms with Gasteiger partial charge in [-0.05, 0) is 17.7 Å². The summed E-state index contributed by atoms with van der Waals surface area (Å²) in [6.07, 6.45) is 0. The molecule has 0 heterocycles. The quantitative estimate of drug-likeness (QED) is 0.591. The second-order valence-corrected chi connectivity index (χ2v) is 4.75. The van der Waals surface area contributed by atoms with Crippen LogP contribution in [-0.2, 0) is 10.2 Å². The minimum absolute atomic E-state index is 0.398. The number of hydrogen-bond acceptors (Lipinski definition) is 2. The fraction of sp³-hybridized carbons (Fsp3) is 0.143. The smallest absolute Gasteiger partial charge is 0.189 e. The topological polar surface area (TPSA) is 34.1 Å². The van der Waals surface area contributed by atoms with E-state index in [0.717, 1.165) is 12.1 Å². The van der Waals surface area contributed by atoms with Crippen molar-refractivity contribution in [2.75, 3.05) is 0 Å². The molecule has 72 valence electrons. The highest BCUT2D eigenvalue weighted by Gasteiger charge is 2.12. The molecule has 0 radical (unpaired) electrons. The summed E-state index contributed by atoms with van der Waals surface area (Å²) in [6, 6.07) is 4.94. The lowest BCUT2D eigenvalue weighted by Gasteiger charge is -2.00. The van der Waals surface area contributed by atoms with Crippen molar-refractivity contribution in [3.63, 3.8) is 0 Å². The summed E-state index contributed by atoms with van der Waals surface area (Å²) in [6.45, 7) is 0. The Kier molecular flexibility index (Phi) is 3.16. The Balaban J connectivity index is 3.08. The molecule has 2 nitrogen and oxygen atoms in total. The van der Waals surface area contributed by atoms with Gasteiger partial charge in [-0.25, -0.2) is 0 Å². The van der Waals surface area contributed by atoms with Crippen molar-refractivity contribution in [3.8, 4) is 0 Å². The van der Waals surface area contributed by atoms with E-state index in [1.54, 1.807) is 0 Å². The van der Waals surface area contributed by atoms with E-state index in [4.69, 9.17) is 23.2 Å². The Morgan fingerprint density at radius 2 is 1.62 bits per heavy atom. The molecule has 0 fully saturated rings. The highest BCUT2D eigenvalue weighted by Crippen LogP contribution is 2.25. The molecule has 0 aliphatic carbocycles. The third-order valence-corrected chi connectivity index (χ3v) is 2.75. The standard InChI is InChI=1S/C7H5Cl2FO2S/c8-7(9)5-1-3-6(4-2-5)13(10,11)12/h1-4,7H. The van der Waals surface area contributed by atoms with Gasteiger partial charge in [-0.1, -0.05) is 12.1 Å². The molecule has 0 aliphatic heterocycles. The minimum atomic E-state index is -4.63. The van der Waals surface area contributed by atoms with Gasteiger partial charge in [0, 0.05) is 0 Å². The molecular weight excluding hydrogens is 238 g/mol. The largest absolute Gasteiger partial charge is 0.332 e. The maximum Gasteiger partial charge on any atom is 0.332 e. The summed E-state index contributed by atoms with van der Waals surface area (Å²) in [7, 11) is -4.63. The van der Waals surface area contributed by atoms with Gasteiger partial charge in [0.05, 0.1) is 4.90 Å². The van der Waals surface area contributed by atoms with Crippen LogP contribution >= 0.6 is 23.2 Å². The van der Waals surface area contributed by atoms with Crippen molar-refractivity contribution in [2.24, 2.45) is 0 Å². The van der Waals surface area contributed by atoms with Gasteiger partial charge in [0.15, 0.2) is 0 Å². The predicted molar refractivity (Wildman–Crippen MR) is 49.2 cm³/mol. The van der Waals surface area contributed by atoms with Crippen molar-refractivity contribution in [1.82, 2.24) is 0 Å². The second kappa shape index (κ2) is 3.82. The zero-order valence-electron chi connectivity index (χ0n) is 6.25. The first kappa shape index (κ1) is 10.8. The lowest BCUT2D eigenvalue weighted by atomic mass is 10.2. The summed E-state index contributed by atoms with van der Waals surface area (Å²) < 4.78 is 33.1. The van der Waals surface area contributed by atoms with Crippen LogP contribution in [0.5, 0.6) is 0 Å². The molecule has 13 heavy (non-hydrogen) atoms. The molecule has 0 aliphatic rings. The summed E-state index contributed by atoms with van der Waals surface area (Å²) >= 11 is 11.0. The van der Waals surface area contributed by atoms with E-state index >= 15 is 0 Å². The van der Waals surface area contributed by atoms with Gasteiger partial charge in [-0.2, -0.15) is 8.42 Å². The number of rotatable bonds is 2. The first-order valence-electron chi connectivity index (χ1n) is 3.24. The Morgan fingerprint density at radius 1 is 1.15 bits per heavy atom. The first-order chi connectivity index (χ1) is 5.91. The minimum Gasteiger partial charge on any atom is -0.189 e. The summed E-state index contributed by atoms with van der Waals surface area (Å²) in [5.74, 6) is 0. The highest BCUT2D eigenvalue weighted by atomic mass is 35.5. The molecule has 0 saturated heterocycles. The van der Waals surface area contributed by atoms with Crippen LogP contribution in [0.2, 0.25) is 0 Å². The maximum atomic E-state index is 12.4. The second-order valence-electron chi connectivity index (χ2n) is 2.31. The third-order valence-electron chi connectivity index (χ3n) is 1.41.